The Morgan fingerprint density at radius 2 is 2.14 bits per heavy atom. The number of ether oxygens (including phenoxy) is 2. The van der Waals surface area contributed by atoms with Gasteiger partial charge in [0, 0.05) is 5.69 Å². The zero-order valence-electron chi connectivity index (χ0n) is 12.3. The van der Waals surface area contributed by atoms with E-state index in [2.05, 4.69) is 9.72 Å². The zero-order chi connectivity index (χ0) is 16.3. The third-order valence-electron chi connectivity index (χ3n) is 3.15. The molecule has 1 aliphatic heterocycles. The van der Waals surface area contributed by atoms with Crippen molar-refractivity contribution in [3.05, 3.63) is 17.8 Å². The van der Waals surface area contributed by atoms with Crippen LogP contribution in [0, 0.1) is 6.92 Å². The monoisotopic (exact) mass is 314 g/mol. The average Bonchev–Trinajstić information content (AvgIpc) is 2.45. The van der Waals surface area contributed by atoms with E-state index < -0.39 is 30.6 Å². The number of alkyl halides is 2. The predicted octanol–water partition coefficient (Wildman–Crippen LogP) is 1.70. The van der Waals surface area contributed by atoms with Crippen LogP contribution in [0.3, 0.4) is 0 Å². The summed E-state index contributed by atoms with van der Waals surface area (Å²) in [4.78, 5) is 28.5. The Bertz CT molecular complexity index is 592. The van der Waals surface area contributed by atoms with Crippen molar-refractivity contribution in [2.24, 2.45) is 0 Å². The molecule has 6 nitrogen and oxygen atoms in total. The summed E-state index contributed by atoms with van der Waals surface area (Å²) in [5, 5.41) is 0. The van der Waals surface area contributed by atoms with Crippen LogP contribution >= 0.6 is 0 Å². The van der Waals surface area contributed by atoms with Crippen molar-refractivity contribution in [2.45, 2.75) is 25.7 Å². The molecule has 1 aromatic heterocycles. The summed E-state index contributed by atoms with van der Waals surface area (Å²) in [7, 11) is 1.02. The van der Waals surface area contributed by atoms with E-state index in [-0.39, 0.29) is 19.0 Å². The third-order valence-corrected chi connectivity index (χ3v) is 3.15. The molecule has 0 saturated carbocycles. The van der Waals surface area contributed by atoms with Crippen LogP contribution in [0.25, 0.3) is 0 Å². The first-order valence-electron chi connectivity index (χ1n) is 6.68. The summed E-state index contributed by atoms with van der Waals surface area (Å²) in [6.07, 6.45) is -2.22. The molecule has 0 atom stereocenters. The second-order valence-corrected chi connectivity index (χ2v) is 4.95. The maximum Gasteiger partial charge on any atom is 0.311 e. The van der Waals surface area contributed by atoms with Gasteiger partial charge in [-0.2, -0.15) is 0 Å². The van der Waals surface area contributed by atoms with Crippen molar-refractivity contribution >= 4 is 17.7 Å². The summed E-state index contributed by atoms with van der Waals surface area (Å²) in [5.41, 5.74) is 0.642. The summed E-state index contributed by atoms with van der Waals surface area (Å²) in [6.45, 7) is 2.06. The number of anilines is 1. The van der Waals surface area contributed by atoms with Gasteiger partial charge in [0.15, 0.2) is 11.6 Å². The van der Waals surface area contributed by atoms with E-state index in [0.717, 1.165) is 12.0 Å². The lowest BCUT2D eigenvalue weighted by atomic mass is 10.1. The van der Waals surface area contributed by atoms with Crippen molar-refractivity contribution in [1.29, 1.82) is 0 Å². The lowest BCUT2D eigenvalue weighted by Crippen LogP contribution is -2.41. The average molecular weight is 314 g/mol. The van der Waals surface area contributed by atoms with Crippen LogP contribution in [-0.4, -0.2) is 43.0 Å². The number of halogens is 2. The minimum atomic E-state index is -3.47. The van der Waals surface area contributed by atoms with Crippen molar-refractivity contribution in [3.63, 3.8) is 0 Å². The summed E-state index contributed by atoms with van der Waals surface area (Å²) < 4.78 is 37.0. The van der Waals surface area contributed by atoms with Crippen molar-refractivity contribution in [3.8, 4) is 5.75 Å². The van der Waals surface area contributed by atoms with E-state index in [0.29, 0.717) is 11.4 Å². The number of aromatic nitrogens is 1. The molecule has 2 heterocycles. The molecule has 0 bridgehead atoms. The molecule has 0 aromatic carbocycles. The molecule has 8 heteroatoms. The van der Waals surface area contributed by atoms with Crippen molar-refractivity contribution in [1.82, 2.24) is 4.98 Å². The van der Waals surface area contributed by atoms with Crippen LogP contribution in [0.15, 0.2) is 12.1 Å². The largest absolute Gasteiger partial charge is 0.488 e. The van der Waals surface area contributed by atoms with E-state index in [4.69, 9.17) is 4.74 Å². The second kappa shape index (κ2) is 6.25. The van der Waals surface area contributed by atoms with Crippen LogP contribution in [0.1, 0.15) is 18.5 Å². The molecule has 2 rings (SSSR count). The van der Waals surface area contributed by atoms with Crippen LogP contribution in [0.2, 0.25) is 0 Å². The molecule has 0 spiro atoms. The smallest absolute Gasteiger partial charge is 0.311 e. The molecule has 22 heavy (non-hydrogen) atoms. The number of hydrogen-bond acceptors (Lipinski definition) is 5. The standard InChI is InChI=1S/C14H16F2N2O4/c1-9-3-4-10-13(17-9)18(5-6-22-10)11(19)7-14(15,16)8-12(20)21-2/h3-4H,5-8H2,1-2H3. The number of hydrogen-bond donors (Lipinski definition) is 0. The van der Waals surface area contributed by atoms with E-state index in [1.54, 1.807) is 19.1 Å². The Labute approximate surface area is 126 Å². The number of rotatable bonds is 4. The number of amides is 1. The SMILES string of the molecule is COC(=O)CC(F)(F)CC(=O)N1CCOc2ccc(C)nc21. The summed E-state index contributed by atoms with van der Waals surface area (Å²) in [6, 6.07) is 3.35. The van der Waals surface area contributed by atoms with Crippen LogP contribution in [-0.2, 0) is 14.3 Å². The van der Waals surface area contributed by atoms with Crippen LogP contribution in [0.5, 0.6) is 5.75 Å². The van der Waals surface area contributed by atoms with Gasteiger partial charge in [-0.3, -0.25) is 14.5 Å². The van der Waals surface area contributed by atoms with Gasteiger partial charge in [-0.1, -0.05) is 0 Å². The third kappa shape index (κ3) is 3.69. The normalized spacial score (nSPS) is 14.1. The fourth-order valence-electron chi connectivity index (χ4n) is 2.09. The van der Waals surface area contributed by atoms with Gasteiger partial charge in [0.25, 0.3) is 5.92 Å². The maximum absolute atomic E-state index is 13.7. The first-order valence-corrected chi connectivity index (χ1v) is 6.68. The van der Waals surface area contributed by atoms with E-state index >= 15 is 0 Å². The number of methoxy groups -OCH3 is 1. The van der Waals surface area contributed by atoms with Gasteiger partial charge in [0.05, 0.1) is 20.1 Å². The van der Waals surface area contributed by atoms with Crippen molar-refractivity contribution in [2.75, 3.05) is 25.2 Å². The van der Waals surface area contributed by atoms with Gasteiger partial charge >= 0.3 is 5.97 Å². The predicted molar refractivity (Wildman–Crippen MR) is 73.0 cm³/mol. The number of aryl methyl sites for hydroxylation is 1. The first-order chi connectivity index (χ1) is 10.3. The zero-order valence-corrected chi connectivity index (χ0v) is 12.3. The molecule has 1 amide bonds. The minimum absolute atomic E-state index is 0.136. The highest BCUT2D eigenvalue weighted by atomic mass is 19.3. The lowest BCUT2D eigenvalue weighted by Gasteiger charge is -2.29. The van der Waals surface area contributed by atoms with Gasteiger partial charge in [0.1, 0.15) is 13.0 Å². The molecule has 0 radical (unpaired) electrons. The van der Waals surface area contributed by atoms with Crippen LogP contribution < -0.4 is 9.64 Å². The molecule has 0 N–H and O–H groups in total. The number of esters is 1. The molecule has 1 aliphatic rings. The fraction of sp³-hybridized carbons (Fsp3) is 0.500. The van der Waals surface area contributed by atoms with Gasteiger partial charge < -0.3 is 9.47 Å². The maximum atomic E-state index is 13.7. The molecular weight excluding hydrogens is 298 g/mol. The molecule has 120 valence electrons. The van der Waals surface area contributed by atoms with Crippen LogP contribution in [0.4, 0.5) is 14.6 Å². The number of fused-ring (bicyclic) bond motifs is 1. The van der Waals surface area contributed by atoms with E-state index in [1.165, 1.54) is 0 Å². The van der Waals surface area contributed by atoms with Crippen molar-refractivity contribution < 1.29 is 27.8 Å². The highest BCUT2D eigenvalue weighted by Crippen LogP contribution is 2.32. The first kappa shape index (κ1) is 16.1. The lowest BCUT2D eigenvalue weighted by molar-refractivity contribution is -0.150. The molecule has 1 aromatic rings. The minimum Gasteiger partial charge on any atom is -0.488 e. The Morgan fingerprint density at radius 3 is 2.82 bits per heavy atom. The van der Waals surface area contributed by atoms with Gasteiger partial charge in [-0.05, 0) is 19.1 Å². The number of nitrogens with zero attached hydrogens (tertiary/aromatic N) is 2. The molecule has 0 aliphatic carbocycles. The quantitative estimate of drug-likeness (QED) is 0.791. The highest BCUT2D eigenvalue weighted by Gasteiger charge is 2.38. The van der Waals surface area contributed by atoms with E-state index in [1.807, 2.05) is 0 Å². The highest BCUT2D eigenvalue weighted by molar-refractivity contribution is 5.95. The molecule has 0 saturated heterocycles. The van der Waals surface area contributed by atoms with Gasteiger partial charge in [-0.25, -0.2) is 13.8 Å². The summed E-state index contributed by atoms with van der Waals surface area (Å²) in [5.74, 6) is -4.73. The Hall–Kier alpha value is -2.25. The topological polar surface area (TPSA) is 68.7 Å². The summed E-state index contributed by atoms with van der Waals surface area (Å²) >= 11 is 0. The number of pyridine rings is 1. The number of carbonyl (C=O) groups excluding carboxylic acids is 2. The molecule has 0 unspecified atom stereocenters. The Kier molecular flexibility index (Phi) is 4.58. The molecule has 0 fully saturated rings. The molecular formula is C14H16F2N2O4. The van der Waals surface area contributed by atoms with E-state index in [9.17, 15) is 18.4 Å². The number of carbonyl (C=O) groups is 2. The fourth-order valence-corrected chi connectivity index (χ4v) is 2.09. The Balaban J connectivity index is 2.14. The van der Waals surface area contributed by atoms with Gasteiger partial charge in [-0.15, -0.1) is 0 Å². The second-order valence-electron chi connectivity index (χ2n) is 4.95. The van der Waals surface area contributed by atoms with Gasteiger partial charge in [0.2, 0.25) is 5.91 Å². The Morgan fingerprint density at radius 1 is 1.41 bits per heavy atom.